The van der Waals surface area contributed by atoms with Crippen LogP contribution in [0.3, 0.4) is 0 Å². The van der Waals surface area contributed by atoms with Gasteiger partial charge in [-0.3, -0.25) is 0 Å². The topological polar surface area (TPSA) is 51.2 Å². The van der Waals surface area contributed by atoms with Gasteiger partial charge in [0, 0.05) is 0 Å². The third-order valence-corrected chi connectivity index (χ3v) is 10.1. The third-order valence-electron chi connectivity index (χ3n) is 2.14. The van der Waals surface area contributed by atoms with Crippen molar-refractivity contribution in [1.29, 1.82) is 0 Å². The number of rotatable bonds is 4. The Labute approximate surface area is 86.1 Å². The summed E-state index contributed by atoms with van der Waals surface area (Å²) in [4.78, 5) is 32.6. The molecule has 0 atom stereocenters. The van der Waals surface area contributed by atoms with Crippen LogP contribution in [0.2, 0.25) is 0 Å². The van der Waals surface area contributed by atoms with Gasteiger partial charge in [0.2, 0.25) is 0 Å². The van der Waals surface area contributed by atoms with Crippen molar-refractivity contribution in [3.63, 3.8) is 0 Å². The fourth-order valence-corrected chi connectivity index (χ4v) is 6.04. The Kier molecular flexibility index (Phi) is 4.15. The summed E-state index contributed by atoms with van der Waals surface area (Å²) in [5, 5.41) is 0. The average Bonchev–Trinajstić information content (AvgIpc) is 2.51. The van der Waals surface area contributed by atoms with Crippen LogP contribution in [0.1, 0.15) is 19.3 Å². The summed E-state index contributed by atoms with van der Waals surface area (Å²) in [6.45, 7) is 0. The van der Waals surface area contributed by atoms with Crippen molar-refractivity contribution >= 4 is 14.0 Å². The van der Waals surface area contributed by atoms with Gasteiger partial charge in [0.15, 0.2) is 0 Å². The van der Waals surface area contributed by atoms with Crippen molar-refractivity contribution in [3.8, 4) is 0 Å². The molecule has 3 nitrogen and oxygen atoms in total. The normalized spacial score (nSPS) is 17.9. The van der Waals surface area contributed by atoms with Crippen LogP contribution in [0, 0.1) is 0 Å². The molecule has 0 fully saturated rings. The van der Waals surface area contributed by atoms with Crippen molar-refractivity contribution in [2.24, 2.45) is 0 Å². The first-order valence-electron chi connectivity index (χ1n) is 4.34. The molecular weight excluding hydrogens is 352 g/mol. The molecule has 0 bridgehead atoms. The zero-order valence-corrected chi connectivity index (χ0v) is 10.7. The average molecular weight is 364 g/mol. The van der Waals surface area contributed by atoms with Crippen LogP contribution < -0.4 is 0 Å². The predicted molar refractivity (Wildman–Crippen MR) is 51.3 cm³/mol. The molecule has 0 aromatic carbocycles. The molecule has 0 aromatic heterocycles. The number of carbonyl (C=O) groups is 3. The van der Waals surface area contributed by atoms with Gasteiger partial charge in [-0.05, 0) is 0 Å². The molecule has 14 heavy (non-hydrogen) atoms. The third kappa shape index (κ3) is 2.16. The van der Waals surface area contributed by atoms with E-state index in [1.54, 1.807) is 6.08 Å². The van der Waals surface area contributed by atoms with E-state index in [0.29, 0.717) is 20.4 Å². The molecule has 0 aromatic rings. The van der Waals surface area contributed by atoms with Gasteiger partial charge in [-0.1, -0.05) is 0 Å². The fraction of sp³-hybridized carbons (Fsp3) is 0.300. The van der Waals surface area contributed by atoms with E-state index in [4.69, 9.17) is 0 Å². The maximum atomic E-state index is 10.9. The van der Waals surface area contributed by atoms with E-state index in [0.717, 1.165) is 16.8 Å². The van der Waals surface area contributed by atoms with E-state index in [1.807, 2.05) is 12.2 Å². The number of carbonyl (C=O) groups excluding carboxylic acids is 3. The van der Waals surface area contributed by atoms with Gasteiger partial charge in [0.25, 0.3) is 0 Å². The minimum absolute atomic E-state index is 0.623. The summed E-state index contributed by atoms with van der Waals surface area (Å²) in [6, 6.07) is 0. The molecule has 0 aliphatic heterocycles. The number of allylic oxidation sites excluding steroid dienone is 4. The Bertz CT molecular complexity index is 283. The van der Waals surface area contributed by atoms with Crippen LogP contribution in [0.25, 0.3) is 0 Å². The molecule has 0 saturated heterocycles. The Hall–Kier alpha value is -0.822. The van der Waals surface area contributed by atoms with Gasteiger partial charge in [0.05, 0.1) is 0 Å². The molecule has 0 spiro atoms. The van der Waals surface area contributed by atoms with Gasteiger partial charge in [0.1, 0.15) is 0 Å². The van der Waals surface area contributed by atoms with E-state index in [1.165, 1.54) is 0 Å². The second-order valence-electron chi connectivity index (χ2n) is 3.00. The molecule has 0 heterocycles. The number of hydrogen-bond donors (Lipinski definition) is 0. The van der Waals surface area contributed by atoms with Crippen LogP contribution >= 0.6 is 0 Å². The molecule has 0 N–H and O–H groups in total. The Morgan fingerprint density at radius 3 is 2.36 bits per heavy atom. The summed E-state index contributed by atoms with van der Waals surface area (Å²) >= 11 is -3.85. The number of hydrogen-bond acceptors (Lipinski definition) is 3. The van der Waals surface area contributed by atoms with Crippen LogP contribution in [0.5, 0.6) is 0 Å². The van der Waals surface area contributed by atoms with E-state index in [-0.39, 0.29) is 0 Å². The van der Waals surface area contributed by atoms with Gasteiger partial charge < -0.3 is 0 Å². The molecule has 1 rings (SSSR count). The van der Waals surface area contributed by atoms with Gasteiger partial charge >= 0.3 is 85.9 Å². The van der Waals surface area contributed by atoms with Crippen LogP contribution in [0.15, 0.2) is 22.2 Å². The fourth-order valence-electron chi connectivity index (χ4n) is 1.30. The first-order chi connectivity index (χ1) is 6.79. The monoisotopic (exact) mass is 364 g/mol. The Morgan fingerprint density at radius 1 is 1.14 bits per heavy atom. The van der Waals surface area contributed by atoms with Crippen molar-refractivity contribution < 1.29 is 30.4 Å². The van der Waals surface area contributed by atoms with Gasteiger partial charge in [-0.25, -0.2) is 0 Å². The molecule has 1 aliphatic carbocycles. The van der Waals surface area contributed by atoms with Crippen molar-refractivity contribution in [2.75, 3.05) is 0 Å². The molecule has 0 radical (unpaired) electrons. The molecular formula is C10H12O3W. The van der Waals surface area contributed by atoms with E-state index in [9.17, 15) is 14.4 Å². The second kappa shape index (κ2) is 5.16. The van der Waals surface area contributed by atoms with E-state index >= 15 is 0 Å². The quantitative estimate of drug-likeness (QED) is 0.708. The molecule has 4 heteroatoms. The molecule has 1 aliphatic rings. The van der Waals surface area contributed by atoms with Crippen molar-refractivity contribution in [3.05, 3.63) is 22.2 Å². The summed E-state index contributed by atoms with van der Waals surface area (Å²) in [5.41, 5.74) is 0. The Balaban J connectivity index is 3.03. The molecule has 0 saturated carbocycles. The maximum absolute atomic E-state index is 10.9. The SMILES string of the molecule is O=[CH][W]([CH]=O)([CH]=O)[C]1=CC=CCCC1. The molecule has 0 amide bonds. The van der Waals surface area contributed by atoms with Gasteiger partial charge in [-0.2, -0.15) is 0 Å². The second-order valence-corrected chi connectivity index (χ2v) is 12.4. The first kappa shape index (κ1) is 11.3. The Morgan fingerprint density at radius 2 is 1.79 bits per heavy atom. The minimum atomic E-state index is -3.85. The summed E-state index contributed by atoms with van der Waals surface area (Å²) < 4.78 is 2.67. The van der Waals surface area contributed by atoms with Crippen LogP contribution in [0.4, 0.5) is 0 Å². The van der Waals surface area contributed by atoms with E-state index < -0.39 is 16.1 Å². The first-order valence-corrected chi connectivity index (χ1v) is 10.9. The predicted octanol–water partition coefficient (Wildman–Crippen LogP) is 1.33. The zero-order valence-electron chi connectivity index (χ0n) is 7.72. The van der Waals surface area contributed by atoms with Crippen molar-refractivity contribution in [2.45, 2.75) is 19.3 Å². The van der Waals surface area contributed by atoms with Crippen LogP contribution in [-0.2, 0) is 30.4 Å². The van der Waals surface area contributed by atoms with Crippen molar-refractivity contribution in [1.82, 2.24) is 0 Å². The summed E-state index contributed by atoms with van der Waals surface area (Å²) in [6.07, 6.45) is 8.17. The molecule has 0 unspecified atom stereocenters. The zero-order chi connectivity index (χ0) is 10.4. The van der Waals surface area contributed by atoms with Gasteiger partial charge in [-0.15, -0.1) is 0 Å². The molecule has 76 valence electrons. The van der Waals surface area contributed by atoms with Crippen LogP contribution in [-0.4, -0.2) is 14.0 Å². The summed E-state index contributed by atoms with van der Waals surface area (Å²) in [7, 11) is 0. The summed E-state index contributed by atoms with van der Waals surface area (Å²) in [5.74, 6) is 0. The standard InChI is InChI=1S/C7H9.3CHO.W/c1-2-4-6-7-5-3-1;3*1-2;/h1-3H,4,6-7H2;3*1H;. The van der Waals surface area contributed by atoms with E-state index in [2.05, 4.69) is 0 Å².